The Morgan fingerprint density at radius 3 is 2.27 bits per heavy atom. The molecule has 0 saturated heterocycles. The predicted octanol–water partition coefficient (Wildman–Crippen LogP) is 1.81. The van der Waals surface area contributed by atoms with E-state index in [1.54, 1.807) is 42.5 Å². The number of likely N-dealkylation sites (N-methyl/N-ethyl adjacent to an activating group) is 1. The van der Waals surface area contributed by atoms with E-state index in [-0.39, 0.29) is 10.5 Å². The molecular formula is C16H13NO4S. The van der Waals surface area contributed by atoms with Gasteiger partial charge in [-0.1, -0.05) is 48.5 Å². The average Bonchev–Trinajstić information content (AvgIpc) is 2.54. The first-order chi connectivity index (χ1) is 10.4. The molecule has 0 spiro atoms. The second-order valence-corrected chi connectivity index (χ2v) is 6.95. The molecule has 1 atom stereocenters. The molecule has 0 bridgehead atoms. The van der Waals surface area contributed by atoms with Gasteiger partial charge >= 0.3 is 0 Å². The number of nitrogens with zero attached hydrogens (tertiary/aromatic N) is 1. The number of hydrogen-bond acceptors (Lipinski definition) is 4. The highest BCUT2D eigenvalue weighted by atomic mass is 32.2. The van der Waals surface area contributed by atoms with Crippen LogP contribution in [0.25, 0.3) is 0 Å². The number of ketones is 1. The van der Waals surface area contributed by atoms with E-state index in [1.807, 2.05) is 0 Å². The second kappa shape index (κ2) is 5.06. The van der Waals surface area contributed by atoms with Crippen molar-refractivity contribution < 1.29 is 18.0 Å². The number of carbonyl (C=O) groups excluding carboxylic acids is 2. The minimum absolute atomic E-state index is 0.00591. The summed E-state index contributed by atoms with van der Waals surface area (Å²) in [5.74, 6) is -2.26. The molecule has 0 aromatic heterocycles. The first-order valence-electron chi connectivity index (χ1n) is 6.65. The van der Waals surface area contributed by atoms with Crippen LogP contribution in [-0.4, -0.2) is 31.5 Å². The number of hydrogen-bond donors (Lipinski definition) is 0. The van der Waals surface area contributed by atoms with Gasteiger partial charge in [-0.3, -0.25) is 9.59 Å². The highest BCUT2D eigenvalue weighted by Crippen LogP contribution is 2.35. The number of sulfonamides is 1. The Kier molecular flexibility index (Phi) is 3.33. The molecule has 1 unspecified atom stereocenters. The molecule has 1 amide bonds. The van der Waals surface area contributed by atoms with Crippen molar-refractivity contribution in [1.82, 2.24) is 4.31 Å². The molecule has 1 heterocycles. The van der Waals surface area contributed by atoms with Gasteiger partial charge in [0.2, 0.25) is 0 Å². The van der Waals surface area contributed by atoms with E-state index in [4.69, 9.17) is 0 Å². The van der Waals surface area contributed by atoms with Crippen LogP contribution in [0.4, 0.5) is 0 Å². The summed E-state index contributed by atoms with van der Waals surface area (Å²) in [7, 11) is -2.71. The third-order valence-electron chi connectivity index (χ3n) is 3.75. The topological polar surface area (TPSA) is 71.5 Å². The van der Waals surface area contributed by atoms with E-state index in [2.05, 4.69) is 0 Å². The lowest BCUT2D eigenvalue weighted by Crippen LogP contribution is -2.44. The van der Waals surface area contributed by atoms with E-state index in [0.717, 1.165) is 0 Å². The lowest BCUT2D eigenvalue weighted by atomic mass is 9.89. The van der Waals surface area contributed by atoms with Crippen LogP contribution in [0.5, 0.6) is 0 Å². The van der Waals surface area contributed by atoms with Crippen molar-refractivity contribution in [2.24, 2.45) is 0 Å². The molecule has 0 radical (unpaired) electrons. The third-order valence-corrected chi connectivity index (χ3v) is 5.57. The predicted molar refractivity (Wildman–Crippen MR) is 79.9 cm³/mol. The summed E-state index contributed by atoms with van der Waals surface area (Å²) < 4.78 is 25.3. The SMILES string of the molecule is CN1C(=O)C(C(=O)c2ccccc2)c2ccccc2S1(=O)=O. The number of carbonyl (C=O) groups is 2. The van der Waals surface area contributed by atoms with Crippen molar-refractivity contribution in [2.75, 3.05) is 7.05 Å². The zero-order chi connectivity index (χ0) is 15.9. The van der Waals surface area contributed by atoms with Crippen LogP contribution in [0.1, 0.15) is 21.8 Å². The lowest BCUT2D eigenvalue weighted by Gasteiger charge is -2.30. The van der Waals surface area contributed by atoms with Crippen LogP contribution < -0.4 is 0 Å². The quantitative estimate of drug-likeness (QED) is 0.626. The Balaban J connectivity index is 2.20. The van der Waals surface area contributed by atoms with Crippen molar-refractivity contribution in [3.63, 3.8) is 0 Å². The summed E-state index contributed by atoms with van der Waals surface area (Å²) in [5.41, 5.74) is 0.614. The summed E-state index contributed by atoms with van der Waals surface area (Å²) >= 11 is 0. The number of amides is 1. The van der Waals surface area contributed by atoms with Crippen molar-refractivity contribution in [3.05, 3.63) is 65.7 Å². The van der Waals surface area contributed by atoms with Crippen LogP contribution in [0.15, 0.2) is 59.5 Å². The van der Waals surface area contributed by atoms with E-state index >= 15 is 0 Å². The maximum Gasteiger partial charge on any atom is 0.266 e. The summed E-state index contributed by atoms with van der Waals surface area (Å²) in [6.45, 7) is 0. The maximum absolute atomic E-state index is 12.7. The molecule has 1 aliphatic heterocycles. The van der Waals surface area contributed by atoms with E-state index < -0.39 is 27.6 Å². The first kappa shape index (κ1) is 14.5. The Hall–Kier alpha value is -2.47. The van der Waals surface area contributed by atoms with Gasteiger partial charge in [-0.25, -0.2) is 12.7 Å². The number of benzene rings is 2. The third kappa shape index (κ3) is 2.03. The Morgan fingerprint density at radius 1 is 1.00 bits per heavy atom. The zero-order valence-corrected chi connectivity index (χ0v) is 12.6. The number of rotatable bonds is 2. The number of Topliss-reactive ketones (excluding diaryl/α,β-unsaturated/α-hetero) is 1. The minimum atomic E-state index is -3.89. The van der Waals surface area contributed by atoms with Crippen molar-refractivity contribution >= 4 is 21.7 Å². The second-order valence-electron chi connectivity index (χ2n) is 5.01. The maximum atomic E-state index is 12.7. The fourth-order valence-corrected chi connectivity index (χ4v) is 3.93. The van der Waals surface area contributed by atoms with Gasteiger partial charge in [0.1, 0.15) is 5.92 Å². The highest BCUT2D eigenvalue weighted by Gasteiger charge is 2.44. The van der Waals surface area contributed by atoms with Crippen molar-refractivity contribution in [3.8, 4) is 0 Å². The Morgan fingerprint density at radius 2 is 1.59 bits per heavy atom. The Labute approximate surface area is 128 Å². The van der Waals surface area contributed by atoms with Gasteiger partial charge in [-0.2, -0.15) is 0 Å². The van der Waals surface area contributed by atoms with Crippen LogP contribution in [0.3, 0.4) is 0 Å². The molecule has 2 aromatic rings. The minimum Gasteiger partial charge on any atom is -0.293 e. The lowest BCUT2D eigenvalue weighted by molar-refractivity contribution is -0.126. The molecule has 2 aromatic carbocycles. The van der Waals surface area contributed by atoms with E-state index in [9.17, 15) is 18.0 Å². The molecule has 112 valence electrons. The molecule has 5 nitrogen and oxygen atoms in total. The number of fused-ring (bicyclic) bond motifs is 1. The van der Waals surface area contributed by atoms with Crippen LogP contribution in [-0.2, 0) is 14.8 Å². The summed E-state index contributed by atoms with van der Waals surface area (Å²) in [4.78, 5) is 25.1. The zero-order valence-electron chi connectivity index (χ0n) is 11.8. The van der Waals surface area contributed by atoms with Crippen LogP contribution in [0, 0.1) is 0 Å². The van der Waals surface area contributed by atoms with Gasteiger partial charge < -0.3 is 0 Å². The normalized spacial score (nSPS) is 19.6. The van der Waals surface area contributed by atoms with Crippen LogP contribution >= 0.6 is 0 Å². The first-order valence-corrected chi connectivity index (χ1v) is 8.09. The monoisotopic (exact) mass is 315 g/mol. The largest absolute Gasteiger partial charge is 0.293 e. The van der Waals surface area contributed by atoms with Crippen molar-refractivity contribution in [2.45, 2.75) is 10.8 Å². The van der Waals surface area contributed by atoms with Crippen molar-refractivity contribution in [1.29, 1.82) is 0 Å². The van der Waals surface area contributed by atoms with Gasteiger partial charge in [0, 0.05) is 12.6 Å². The molecule has 6 heteroatoms. The fourth-order valence-electron chi connectivity index (χ4n) is 2.56. The van der Waals surface area contributed by atoms with Gasteiger partial charge in [0.25, 0.3) is 15.9 Å². The van der Waals surface area contributed by atoms with Gasteiger partial charge in [0.15, 0.2) is 5.78 Å². The summed E-state index contributed by atoms with van der Waals surface area (Å²) in [5, 5.41) is 0. The van der Waals surface area contributed by atoms with Gasteiger partial charge in [-0.15, -0.1) is 0 Å². The molecule has 0 N–H and O–H groups in total. The molecule has 0 fully saturated rings. The molecular weight excluding hydrogens is 302 g/mol. The van der Waals surface area contributed by atoms with Gasteiger partial charge in [-0.05, 0) is 11.6 Å². The van der Waals surface area contributed by atoms with E-state index in [0.29, 0.717) is 9.87 Å². The van der Waals surface area contributed by atoms with Gasteiger partial charge in [0.05, 0.1) is 4.90 Å². The standard InChI is InChI=1S/C16H13NO4S/c1-17-16(19)14(15(18)11-7-3-2-4-8-11)12-9-5-6-10-13(12)22(17,20)21/h2-10,14H,1H3. The highest BCUT2D eigenvalue weighted by molar-refractivity contribution is 7.89. The average molecular weight is 315 g/mol. The molecule has 0 saturated carbocycles. The van der Waals surface area contributed by atoms with Crippen LogP contribution in [0.2, 0.25) is 0 Å². The Bertz CT molecular complexity index is 859. The fraction of sp³-hybridized carbons (Fsp3) is 0.125. The molecule has 1 aliphatic rings. The summed E-state index contributed by atoms with van der Waals surface area (Å²) in [6, 6.07) is 14.5. The summed E-state index contributed by atoms with van der Waals surface area (Å²) in [6.07, 6.45) is 0. The molecule has 3 rings (SSSR count). The molecule has 22 heavy (non-hydrogen) atoms. The smallest absolute Gasteiger partial charge is 0.266 e. The van der Waals surface area contributed by atoms with E-state index in [1.165, 1.54) is 19.2 Å². The molecule has 0 aliphatic carbocycles.